The van der Waals surface area contributed by atoms with Gasteiger partial charge in [-0.15, -0.1) is 0 Å². The maximum atomic E-state index is 13.6. The number of halogens is 4. The predicted molar refractivity (Wildman–Crippen MR) is 160 cm³/mol. The van der Waals surface area contributed by atoms with Crippen LogP contribution in [0.2, 0.25) is 5.02 Å². The number of anilines is 1. The highest BCUT2D eigenvalue weighted by molar-refractivity contribution is 6.30. The van der Waals surface area contributed by atoms with Gasteiger partial charge in [-0.1, -0.05) is 45.0 Å². The number of likely N-dealkylation sites (tertiary alicyclic amines) is 1. The van der Waals surface area contributed by atoms with Crippen molar-refractivity contribution in [3.05, 3.63) is 71.3 Å². The third-order valence-electron chi connectivity index (χ3n) is 7.91. The number of imidazole rings is 1. The third-order valence-corrected chi connectivity index (χ3v) is 8.16. The number of carbonyl (C=O) groups is 3. The first-order valence-electron chi connectivity index (χ1n) is 14.0. The van der Waals surface area contributed by atoms with Gasteiger partial charge in [0, 0.05) is 36.3 Å². The van der Waals surface area contributed by atoms with Crippen LogP contribution in [0.3, 0.4) is 0 Å². The molecule has 230 valence electrons. The van der Waals surface area contributed by atoms with E-state index in [0.717, 1.165) is 4.90 Å². The van der Waals surface area contributed by atoms with Gasteiger partial charge in [-0.05, 0) is 73.2 Å². The molecule has 2 unspecified atom stereocenters. The van der Waals surface area contributed by atoms with Crippen LogP contribution >= 0.6 is 11.6 Å². The van der Waals surface area contributed by atoms with E-state index in [0.29, 0.717) is 53.1 Å². The molecule has 43 heavy (non-hydrogen) atoms. The molecule has 1 fully saturated rings. The van der Waals surface area contributed by atoms with E-state index in [1.165, 1.54) is 6.08 Å². The zero-order chi connectivity index (χ0) is 31.7. The van der Waals surface area contributed by atoms with Gasteiger partial charge in [0.15, 0.2) is 0 Å². The highest BCUT2D eigenvalue weighted by Gasteiger charge is 2.45. The standard InChI is InChI=1S/C31H35ClF3N5O3/c1-6-26(41)38-15-7-8-23(18-38)40-25-14-9-20(17-39(19(2)30(3,4)5)28(43)31(33,34)35)16-24(25)36-29(40)37-27(42)21-10-12-22(32)13-11-21/h6,9-14,16,19,23H,1,7-8,15,17-18H2,2-5H3,(H,36,37,42). The molecule has 1 aliphatic heterocycles. The van der Waals surface area contributed by atoms with Gasteiger partial charge in [0.2, 0.25) is 11.9 Å². The monoisotopic (exact) mass is 617 g/mol. The maximum Gasteiger partial charge on any atom is 0.471 e. The Balaban J connectivity index is 1.75. The van der Waals surface area contributed by atoms with Crippen LogP contribution < -0.4 is 5.32 Å². The molecule has 2 aromatic carbocycles. The quantitative estimate of drug-likeness (QED) is 0.302. The average Bonchev–Trinajstić information content (AvgIpc) is 3.31. The molecule has 2 atom stereocenters. The second-order valence-corrected chi connectivity index (χ2v) is 12.3. The second-order valence-electron chi connectivity index (χ2n) is 11.8. The lowest BCUT2D eigenvalue weighted by atomic mass is 9.86. The molecule has 8 nitrogen and oxygen atoms in total. The molecule has 0 bridgehead atoms. The van der Waals surface area contributed by atoms with Crippen molar-refractivity contribution in [3.63, 3.8) is 0 Å². The Labute approximate surface area is 253 Å². The van der Waals surface area contributed by atoms with Gasteiger partial charge >= 0.3 is 12.1 Å². The van der Waals surface area contributed by atoms with E-state index in [4.69, 9.17) is 11.6 Å². The van der Waals surface area contributed by atoms with E-state index in [-0.39, 0.29) is 24.4 Å². The van der Waals surface area contributed by atoms with Crippen molar-refractivity contribution in [2.75, 3.05) is 18.4 Å². The van der Waals surface area contributed by atoms with Crippen LogP contribution in [0.5, 0.6) is 0 Å². The Kier molecular flexibility index (Phi) is 9.24. The maximum absolute atomic E-state index is 13.6. The van der Waals surface area contributed by atoms with Gasteiger partial charge < -0.3 is 14.4 Å². The van der Waals surface area contributed by atoms with Crippen LogP contribution in [0.15, 0.2) is 55.1 Å². The number of benzene rings is 2. The zero-order valence-electron chi connectivity index (χ0n) is 24.5. The van der Waals surface area contributed by atoms with E-state index >= 15 is 0 Å². The van der Waals surface area contributed by atoms with Crippen LogP contribution in [0.1, 0.15) is 62.5 Å². The molecule has 3 aromatic rings. The van der Waals surface area contributed by atoms with Crippen LogP contribution in [-0.2, 0) is 16.1 Å². The number of carbonyl (C=O) groups excluding carboxylic acids is 3. The summed E-state index contributed by atoms with van der Waals surface area (Å²) in [6.07, 6.45) is -2.35. The number of hydrogen-bond donors (Lipinski definition) is 1. The molecule has 0 saturated carbocycles. The lowest BCUT2D eigenvalue weighted by molar-refractivity contribution is -0.190. The fourth-order valence-corrected chi connectivity index (χ4v) is 5.31. The minimum absolute atomic E-state index is 0.203. The van der Waals surface area contributed by atoms with Gasteiger partial charge in [0.25, 0.3) is 5.91 Å². The number of nitrogens with zero attached hydrogens (tertiary/aromatic N) is 4. The number of amides is 3. The Morgan fingerprint density at radius 2 is 1.84 bits per heavy atom. The van der Waals surface area contributed by atoms with Gasteiger partial charge in [-0.25, -0.2) is 4.98 Å². The summed E-state index contributed by atoms with van der Waals surface area (Å²) in [5, 5.41) is 3.34. The van der Waals surface area contributed by atoms with Crippen LogP contribution in [-0.4, -0.2) is 62.4 Å². The van der Waals surface area contributed by atoms with Crippen molar-refractivity contribution in [1.29, 1.82) is 0 Å². The summed E-state index contributed by atoms with van der Waals surface area (Å²) in [5.41, 5.74) is 1.26. The van der Waals surface area contributed by atoms with Crippen molar-refractivity contribution < 1.29 is 27.6 Å². The molecule has 2 heterocycles. The number of nitrogens with one attached hydrogen (secondary N) is 1. The van der Waals surface area contributed by atoms with Gasteiger partial charge in [0.05, 0.1) is 17.1 Å². The smallest absolute Gasteiger partial charge is 0.337 e. The normalized spacial score (nSPS) is 16.6. The van der Waals surface area contributed by atoms with E-state index in [9.17, 15) is 27.6 Å². The molecule has 1 saturated heterocycles. The van der Waals surface area contributed by atoms with Crippen molar-refractivity contribution >= 4 is 46.3 Å². The van der Waals surface area contributed by atoms with Crippen molar-refractivity contribution in [3.8, 4) is 0 Å². The first-order chi connectivity index (χ1) is 20.1. The number of fused-ring (bicyclic) bond motifs is 1. The SMILES string of the molecule is C=CC(=O)N1CCCC(n2c(NC(=O)c3ccc(Cl)cc3)nc3cc(CN(C(=O)C(F)(F)F)C(C)C(C)(C)C)ccc32)C1. The Bertz CT molecular complexity index is 1530. The summed E-state index contributed by atoms with van der Waals surface area (Å²) in [6.45, 7) is 11.2. The lowest BCUT2D eigenvalue weighted by Crippen LogP contribution is -2.50. The molecular weight excluding hydrogens is 583 g/mol. The van der Waals surface area contributed by atoms with Crippen LogP contribution in [0.25, 0.3) is 11.0 Å². The number of aromatic nitrogens is 2. The molecule has 1 aromatic heterocycles. The first-order valence-corrected chi connectivity index (χ1v) is 14.3. The second kappa shape index (κ2) is 12.4. The Morgan fingerprint density at radius 1 is 1.16 bits per heavy atom. The summed E-state index contributed by atoms with van der Waals surface area (Å²) < 4.78 is 42.6. The molecular formula is C31H35ClF3N5O3. The van der Waals surface area contributed by atoms with Crippen molar-refractivity contribution in [2.45, 2.75) is 65.3 Å². The number of rotatable bonds is 7. The summed E-state index contributed by atoms with van der Waals surface area (Å²) in [7, 11) is 0. The average molecular weight is 618 g/mol. The number of hydrogen-bond acceptors (Lipinski definition) is 4. The molecule has 0 aliphatic carbocycles. The zero-order valence-corrected chi connectivity index (χ0v) is 25.3. The Morgan fingerprint density at radius 3 is 2.44 bits per heavy atom. The summed E-state index contributed by atoms with van der Waals surface area (Å²) >= 11 is 5.97. The van der Waals surface area contributed by atoms with E-state index < -0.39 is 29.4 Å². The molecule has 1 aliphatic rings. The fourth-order valence-electron chi connectivity index (χ4n) is 5.18. The van der Waals surface area contributed by atoms with Gasteiger partial charge in [0.1, 0.15) is 0 Å². The molecule has 3 amide bonds. The lowest BCUT2D eigenvalue weighted by Gasteiger charge is -2.38. The van der Waals surface area contributed by atoms with E-state index in [1.54, 1.807) is 75.1 Å². The van der Waals surface area contributed by atoms with Crippen molar-refractivity contribution in [1.82, 2.24) is 19.4 Å². The predicted octanol–water partition coefficient (Wildman–Crippen LogP) is 6.62. The van der Waals surface area contributed by atoms with Crippen LogP contribution in [0.4, 0.5) is 19.1 Å². The van der Waals surface area contributed by atoms with Crippen molar-refractivity contribution in [2.24, 2.45) is 5.41 Å². The summed E-state index contributed by atoms with van der Waals surface area (Å²) in [6, 6.07) is 10.4. The van der Waals surface area contributed by atoms with Gasteiger partial charge in [-0.2, -0.15) is 13.2 Å². The number of alkyl halides is 3. The molecule has 0 spiro atoms. The molecule has 12 heteroatoms. The highest BCUT2D eigenvalue weighted by atomic mass is 35.5. The minimum Gasteiger partial charge on any atom is -0.337 e. The molecule has 0 radical (unpaired) electrons. The van der Waals surface area contributed by atoms with Gasteiger partial charge in [-0.3, -0.25) is 19.7 Å². The summed E-state index contributed by atoms with van der Waals surface area (Å²) in [5.74, 6) is -2.31. The minimum atomic E-state index is -5.03. The largest absolute Gasteiger partial charge is 0.471 e. The van der Waals surface area contributed by atoms with E-state index in [2.05, 4.69) is 16.9 Å². The molecule has 1 N–H and O–H groups in total. The molecule has 4 rings (SSSR count). The van der Waals surface area contributed by atoms with Crippen LogP contribution in [0, 0.1) is 5.41 Å². The number of piperidine rings is 1. The summed E-state index contributed by atoms with van der Waals surface area (Å²) in [4.78, 5) is 45.2. The first kappa shape index (κ1) is 32.1. The highest BCUT2D eigenvalue weighted by Crippen LogP contribution is 2.33. The Hall–Kier alpha value is -3.86. The topological polar surface area (TPSA) is 87.5 Å². The fraction of sp³-hybridized carbons (Fsp3) is 0.419. The third kappa shape index (κ3) is 7.21. The van der Waals surface area contributed by atoms with E-state index in [1.807, 2.05) is 4.57 Å².